The molecule has 258 valence electrons. The van der Waals surface area contributed by atoms with Gasteiger partial charge < -0.3 is 30.9 Å². The standard InChI is InChI=1S/C35H51N5O7/c1-11-13-23(27(42)30(44)37-18-24(41)36-17-21-15-12-14-20(2)16-21)38-29(43)26-25-22(35(25,9)10)19-40(26)31(45)28(33(3,4)5)39-32(46)47-34(6,7)8/h11-12,14-16,22-23,25-26,28H,1,13,17-19H2,2-10H3,(H,36,41)(H,37,44)(H,38,43)(H,39,46)/t22?,23?,25?,26-,28+/m0/s1. The van der Waals surface area contributed by atoms with E-state index in [2.05, 4.69) is 27.8 Å². The summed E-state index contributed by atoms with van der Waals surface area (Å²) >= 11 is 0. The molecule has 1 aliphatic heterocycles. The molecule has 1 aliphatic carbocycles. The maximum absolute atomic E-state index is 14.0. The SMILES string of the molecule is C=CCC(NC(=O)[C@@H]1C2C(CN1C(=O)[C@@H](NC(=O)OC(C)(C)C)C(C)(C)C)C2(C)C)C(=O)C(=O)NCC(=O)NCc1cccc(C)c1. The first kappa shape index (κ1) is 37.2. The van der Waals surface area contributed by atoms with E-state index >= 15 is 0 Å². The van der Waals surface area contributed by atoms with E-state index in [1.807, 2.05) is 65.8 Å². The Morgan fingerprint density at radius 1 is 1.04 bits per heavy atom. The monoisotopic (exact) mass is 653 g/mol. The Balaban J connectivity index is 1.70. The zero-order valence-electron chi connectivity index (χ0n) is 29.1. The number of carbonyl (C=O) groups is 6. The average Bonchev–Trinajstić information content (AvgIpc) is 3.26. The van der Waals surface area contributed by atoms with Crippen LogP contribution in [0.2, 0.25) is 0 Å². The molecule has 2 fully saturated rings. The molecule has 0 aromatic heterocycles. The molecule has 1 heterocycles. The Labute approximate surface area is 277 Å². The highest BCUT2D eigenvalue weighted by Crippen LogP contribution is 2.65. The minimum absolute atomic E-state index is 0.0412. The van der Waals surface area contributed by atoms with Crippen LogP contribution < -0.4 is 21.3 Å². The molecule has 1 aromatic rings. The number of hydrogen-bond donors (Lipinski definition) is 4. The summed E-state index contributed by atoms with van der Waals surface area (Å²) in [5, 5.41) is 10.4. The lowest BCUT2D eigenvalue weighted by Gasteiger charge is -2.38. The zero-order chi connectivity index (χ0) is 35.5. The number of likely N-dealkylation sites (tertiary alicyclic amines) is 1. The highest BCUT2D eigenvalue weighted by Gasteiger charge is 2.70. The normalized spacial score (nSPS) is 21.0. The van der Waals surface area contributed by atoms with Crippen LogP contribution in [0.25, 0.3) is 0 Å². The molecular formula is C35H51N5O7. The number of aryl methyl sites for hydroxylation is 1. The van der Waals surface area contributed by atoms with Crippen molar-refractivity contribution in [2.45, 2.75) is 99.0 Å². The van der Waals surface area contributed by atoms with Crippen LogP contribution in [0.5, 0.6) is 0 Å². The third-order valence-corrected chi connectivity index (χ3v) is 8.78. The third-order valence-electron chi connectivity index (χ3n) is 8.78. The molecule has 47 heavy (non-hydrogen) atoms. The number of ketones is 1. The first-order chi connectivity index (χ1) is 21.7. The fraction of sp³-hybridized carbons (Fsp3) is 0.600. The predicted octanol–water partition coefficient (Wildman–Crippen LogP) is 2.78. The minimum Gasteiger partial charge on any atom is -0.444 e. The number of carbonyl (C=O) groups excluding carboxylic acids is 6. The van der Waals surface area contributed by atoms with E-state index in [4.69, 9.17) is 4.74 Å². The van der Waals surface area contributed by atoms with Crippen LogP contribution in [-0.2, 0) is 35.3 Å². The van der Waals surface area contributed by atoms with Crippen LogP contribution in [0, 0.1) is 29.6 Å². The van der Waals surface area contributed by atoms with Crippen LogP contribution in [-0.4, -0.2) is 77.2 Å². The van der Waals surface area contributed by atoms with E-state index in [1.54, 1.807) is 20.8 Å². The van der Waals surface area contributed by atoms with Crippen molar-refractivity contribution in [1.29, 1.82) is 0 Å². The van der Waals surface area contributed by atoms with Crippen LogP contribution in [0.3, 0.4) is 0 Å². The first-order valence-corrected chi connectivity index (χ1v) is 16.0. The molecule has 0 bridgehead atoms. The second-order valence-corrected chi connectivity index (χ2v) is 15.2. The Hall–Kier alpha value is -4.22. The Morgan fingerprint density at radius 2 is 1.70 bits per heavy atom. The van der Waals surface area contributed by atoms with Gasteiger partial charge in [-0.3, -0.25) is 24.0 Å². The second-order valence-electron chi connectivity index (χ2n) is 15.2. The fourth-order valence-electron chi connectivity index (χ4n) is 6.20. The molecule has 0 spiro atoms. The van der Waals surface area contributed by atoms with Crippen LogP contribution in [0.15, 0.2) is 36.9 Å². The van der Waals surface area contributed by atoms with Crippen molar-refractivity contribution in [3.05, 3.63) is 48.0 Å². The van der Waals surface area contributed by atoms with Gasteiger partial charge in [0.15, 0.2) is 0 Å². The summed E-state index contributed by atoms with van der Waals surface area (Å²) in [5.74, 6) is -3.60. The number of ether oxygens (including phenoxy) is 1. The largest absolute Gasteiger partial charge is 0.444 e. The van der Waals surface area contributed by atoms with Gasteiger partial charge in [0.25, 0.3) is 5.91 Å². The van der Waals surface area contributed by atoms with Gasteiger partial charge in [-0.2, -0.15) is 0 Å². The summed E-state index contributed by atoms with van der Waals surface area (Å²) in [7, 11) is 0. The Bertz CT molecular complexity index is 1410. The highest BCUT2D eigenvalue weighted by molar-refractivity contribution is 6.38. The molecule has 3 unspecified atom stereocenters. The zero-order valence-corrected chi connectivity index (χ0v) is 29.1. The van der Waals surface area contributed by atoms with E-state index < -0.39 is 71.2 Å². The van der Waals surface area contributed by atoms with E-state index in [0.717, 1.165) is 11.1 Å². The molecule has 4 N–H and O–H groups in total. The predicted molar refractivity (Wildman–Crippen MR) is 177 cm³/mol. The molecule has 5 atom stereocenters. The van der Waals surface area contributed by atoms with Crippen molar-refractivity contribution in [1.82, 2.24) is 26.2 Å². The van der Waals surface area contributed by atoms with E-state index in [9.17, 15) is 28.8 Å². The second kappa shape index (κ2) is 14.3. The molecule has 1 aromatic carbocycles. The maximum Gasteiger partial charge on any atom is 0.408 e. The van der Waals surface area contributed by atoms with Gasteiger partial charge in [0.1, 0.15) is 23.7 Å². The molecule has 3 rings (SSSR count). The van der Waals surface area contributed by atoms with E-state index in [-0.39, 0.29) is 30.2 Å². The molecule has 1 saturated heterocycles. The quantitative estimate of drug-likeness (QED) is 0.199. The minimum atomic E-state index is -1.26. The number of piperidine rings is 1. The lowest BCUT2D eigenvalue weighted by molar-refractivity contribution is -0.145. The summed E-state index contributed by atoms with van der Waals surface area (Å²) in [6, 6.07) is 4.42. The molecule has 12 nitrogen and oxygen atoms in total. The lowest BCUT2D eigenvalue weighted by atomic mass is 9.85. The average molecular weight is 654 g/mol. The summed E-state index contributed by atoms with van der Waals surface area (Å²) < 4.78 is 5.40. The van der Waals surface area contributed by atoms with Gasteiger partial charge >= 0.3 is 6.09 Å². The van der Waals surface area contributed by atoms with Crippen LogP contribution in [0.4, 0.5) is 4.79 Å². The van der Waals surface area contributed by atoms with Gasteiger partial charge in [0.05, 0.1) is 6.54 Å². The van der Waals surface area contributed by atoms with Crippen molar-refractivity contribution in [3.8, 4) is 0 Å². The molecule has 1 saturated carbocycles. The van der Waals surface area contributed by atoms with Crippen molar-refractivity contribution < 1.29 is 33.5 Å². The topological polar surface area (TPSA) is 163 Å². The molecule has 2 aliphatic rings. The number of fused-ring (bicyclic) bond motifs is 1. The fourth-order valence-corrected chi connectivity index (χ4v) is 6.20. The van der Waals surface area contributed by atoms with Gasteiger partial charge in [-0.15, -0.1) is 6.58 Å². The molecule has 12 heteroatoms. The molecular weight excluding hydrogens is 602 g/mol. The number of alkyl carbamates (subject to hydrolysis) is 1. The summed E-state index contributed by atoms with van der Waals surface area (Å²) in [6.45, 7) is 20.4. The van der Waals surface area contributed by atoms with Crippen molar-refractivity contribution >= 4 is 35.5 Å². The van der Waals surface area contributed by atoms with Gasteiger partial charge in [0.2, 0.25) is 23.5 Å². The Morgan fingerprint density at radius 3 is 2.28 bits per heavy atom. The number of hydrogen-bond acceptors (Lipinski definition) is 7. The van der Waals surface area contributed by atoms with Crippen LogP contribution >= 0.6 is 0 Å². The number of benzene rings is 1. The van der Waals surface area contributed by atoms with Crippen molar-refractivity contribution in [2.24, 2.45) is 22.7 Å². The number of nitrogens with one attached hydrogen (secondary N) is 4. The molecule has 5 amide bonds. The Kier molecular flexibility index (Phi) is 11.3. The summed E-state index contributed by atoms with van der Waals surface area (Å²) in [4.78, 5) is 80.4. The van der Waals surface area contributed by atoms with Crippen molar-refractivity contribution in [3.63, 3.8) is 0 Å². The van der Waals surface area contributed by atoms with Gasteiger partial charge in [-0.05, 0) is 62.3 Å². The molecule has 0 radical (unpaired) electrons. The van der Waals surface area contributed by atoms with Gasteiger partial charge in [-0.1, -0.05) is 70.5 Å². The summed E-state index contributed by atoms with van der Waals surface area (Å²) in [5.41, 5.74) is 0.216. The summed E-state index contributed by atoms with van der Waals surface area (Å²) in [6.07, 6.45) is 0.621. The number of amides is 5. The highest BCUT2D eigenvalue weighted by atomic mass is 16.6. The van der Waals surface area contributed by atoms with Crippen LogP contribution in [0.1, 0.15) is 72.9 Å². The maximum atomic E-state index is 14.0. The first-order valence-electron chi connectivity index (χ1n) is 16.0. The number of Topliss-reactive ketones (excluding diaryl/α,β-unsaturated/α-hetero) is 1. The lowest BCUT2D eigenvalue weighted by Crippen LogP contribution is -2.60. The third kappa shape index (κ3) is 9.42. The van der Waals surface area contributed by atoms with Crippen molar-refractivity contribution in [2.75, 3.05) is 13.1 Å². The number of nitrogens with zero attached hydrogens (tertiary/aromatic N) is 1. The van der Waals surface area contributed by atoms with E-state index in [0.29, 0.717) is 6.54 Å². The van der Waals surface area contributed by atoms with Gasteiger partial charge in [-0.25, -0.2) is 4.79 Å². The van der Waals surface area contributed by atoms with Gasteiger partial charge in [0, 0.05) is 13.1 Å². The van der Waals surface area contributed by atoms with E-state index in [1.165, 1.54) is 11.0 Å². The smallest absolute Gasteiger partial charge is 0.408 e. The number of rotatable bonds is 12.